The molecule has 0 aliphatic carbocycles. The van der Waals surface area contributed by atoms with Crippen molar-refractivity contribution in [3.05, 3.63) is 77.4 Å². The van der Waals surface area contributed by atoms with Crippen LogP contribution in [0.3, 0.4) is 0 Å². The summed E-state index contributed by atoms with van der Waals surface area (Å²) in [7, 11) is 0. The summed E-state index contributed by atoms with van der Waals surface area (Å²) in [5, 5.41) is 0. The Hall–Kier alpha value is -2.67. The smallest absolute Gasteiger partial charge is 0.411 e. The predicted octanol–water partition coefficient (Wildman–Crippen LogP) is 3.93. The summed E-state index contributed by atoms with van der Waals surface area (Å²) >= 11 is 0. The number of benzene rings is 2. The van der Waals surface area contributed by atoms with E-state index in [0.717, 1.165) is 16.7 Å². The van der Waals surface area contributed by atoms with Crippen LogP contribution in [0.2, 0.25) is 0 Å². The lowest BCUT2D eigenvalue weighted by Gasteiger charge is -2.44. The molecule has 2 atom stereocenters. The van der Waals surface area contributed by atoms with Crippen molar-refractivity contribution in [3.63, 3.8) is 0 Å². The molecule has 3 aliphatic rings. The Morgan fingerprint density at radius 3 is 2.57 bits per heavy atom. The summed E-state index contributed by atoms with van der Waals surface area (Å²) in [4.78, 5) is 14.7. The van der Waals surface area contributed by atoms with Crippen LogP contribution in [0.4, 0.5) is 4.79 Å². The molecule has 6 heteroatoms. The zero-order valence-electron chi connectivity index (χ0n) is 16.7. The molecule has 0 aromatic heterocycles. The second kappa shape index (κ2) is 8.60. The maximum atomic E-state index is 12.9. The minimum atomic E-state index is -0.327. The van der Waals surface area contributed by atoms with Gasteiger partial charge in [0.25, 0.3) is 0 Å². The molecular weight excluding hydrogens is 382 g/mol. The van der Waals surface area contributed by atoms with Gasteiger partial charge < -0.3 is 18.9 Å². The molecule has 1 amide bonds. The Kier molecular flexibility index (Phi) is 5.53. The second-order valence-electron chi connectivity index (χ2n) is 7.76. The van der Waals surface area contributed by atoms with E-state index in [4.69, 9.17) is 18.9 Å². The fourth-order valence-corrected chi connectivity index (χ4v) is 4.41. The van der Waals surface area contributed by atoms with Crippen LogP contribution in [0, 0.1) is 0 Å². The van der Waals surface area contributed by atoms with Gasteiger partial charge in [0.05, 0.1) is 38.5 Å². The van der Waals surface area contributed by atoms with Crippen LogP contribution < -0.4 is 0 Å². The molecule has 2 unspecified atom stereocenters. The average molecular weight is 407 g/mol. The Balaban J connectivity index is 1.36. The van der Waals surface area contributed by atoms with E-state index in [-0.39, 0.29) is 31.1 Å². The summed E-state index contributed by atoms with van der Waals surface area (Å²) < 4.78 is 22.8. The summed E-state index contributed by atoms with van der Waals surface area (Å²) in [6.07, 6.45) is 2.23. The lowest BCUT2D eigenvalue weighted by atomic mass is 9.87. The largest absolute Gasteiger partial charge is 0.445 e. The minimum Gasteiger partial charge on any atom is -0.445 e. The highest BCUT2D eigenvalue weighted by molar-refractivity contribution is 5.75. The third-order valence-corrected chi connectivity index (χ3v) is 5.80. The Bertz CT molecular complexity index is 922. The van der Waals surface area contributed by atoms with Gasteiger partial charge in [0, 0.05) is 5.56 Å². The molecule has 0 saturated carbocycles. The number of fused-ring (bicyclic) bond motifs is 2. The number of carbonyl (C=O) groups is 1. The lowest BCUT2D eigenvalue weighted by Crippen LogP contribution is -2.56. The van der Waals surface area contributed by atoms with E-state index in [1.54, 1.807) is 0 Å². The van der Waals surface area contributed by atoms with Crippen LogP contribution >= 0.6 is 0 Å². The SMILES string of the molecule is O=C(OCc1ccccc1)N1C2C=C(c3ccccc3C3OCCO3)CC1COC2. The maximum absolute atomic E-state index is 12.9. The van der Waals surface area contributed by atoms with Crippen molar-refractivity contribution in [1.29, 1.82) is 0 Å². The highest BCUT2D eigenvalue weighted by Gasteiger charge is 2.39. The summed E-state index contributed by atoms with van der Waals surface area (Å²) in [6, 6.07) is 17.7. The van der Waals surface area contributed by atoms with Gasteiger partial charge in [-0.1, -0.05) is 60.7 Å². The standard InChI is InChI=1S/C24H25NO5/c26-24(30-14-17-6-2-1-3-7-17)25-19-12-18(13-20(25)16-27-15-19)21-8-4-5-9-22(21)23-28-10-11-29-23/h1-9,12,19-20,23H,10-11,13-16H2. The fraction of sp³-hybridized carbons (Fsp3) is 0.375. The number of rotatable bonds is 4. The third-order valence-electron chi connectivity index (χ3n) is 5.80. The Labute approximate surface area is 176 Å². The molecule has 30 heavy (non-hydrogen) atoms. The predicted molar refractivity (Wildman–Crippen MR) is 111 cm³/mol. The van der Waals surface area contributed by atoms with E-state index in [9.17, 15) is 4.79 Å². The van der Waals surface area contributed by atoms with Gasteiger partial charge in [0.15, 0.2) is 6.29 Å². The molecule has 3 aliphatic heterocycles. The maximum Gasteiger partial charge on any atom is 0.411 e. The molecule has 0 spiro atoms. The zero-order chi connectivity index (χ0) is 20.3. The van der Waals surface area contributed by atoms with E-state index < -0.39 is 0 Å². The molecule has 2 aromatic rings. The van der Waals surface area contributed by atoms with Gasteiger partial charge in [-0.25, -0.2) is 4.79 Å². The van der Waals surface area contributed by atoms with Crippen LogP contribution in [-0.2, 0) is 25.6 Å². The monoisotopic (exact) mass is 407 g/mol. The molecule has 3 heterocycles. The van der Waals surface area contributed by atoms with Crippen molar-refractivity contribution in [1.82, 2.24) is 4.90 Å². The zero-order valence-corrected chi connectivity index (χ0v) is 16.7. The molecular formula is C24H25NO5. The van der Waals surface area contributed by atoms with E-state index >= 15 is 0 Å². The number of hydrogen-bond acceptors (Lipinski definition) is 5. The first-order chi connectivity index (χ1) is 14.8. The second-order valence-corrected chi connectivity index (χ2v) is 7.76. The first-order valence-electron chi connectivity index (χ1n) is 10.4. The van der Waals surface area contributed by atoms with Gasteiger partial charge >= 0.3 is 6.09 Å². The molecule has 156 valence electrons. The highest BCUT2D eigenvalue weighted by Crippen LogP contribution is 2.37. The van der Waals surface area contributed by atoms with Crippen molar-refractivity contribution in [2.24, 2.45) is 0 Å². The third kappa shape index (κ3) is 3.86. The Morgan fingerprint density at radius 2 is 1.77 bits per heavy atom. The van der Waals surface area contributed by atoms with Crippen molar-refractivity contribution in [3.8, 4) is 0 Å². The van der Waals surface area contributed by atoms with Crippen LogP contribution in [0.25, 0.3) is 5.57 Å². The summed E-state index contributed by atoms with van der Waals surface area (Å²) in [5.74, 6) is 0. The van der Waals surface area contributed by atoms with Gasteiger partial charge in [0.2, 0.25) is 0 Å². The number of nitrogens with zero attached hydrogens (tertiary/aromatic N) is 1. The molecule has 2 saturated heterocycles. The van der Waals surface area contributed by atoms with Gasteiger partial charge in [-0.2, -0.15) is 0 Å². The first kappa shape index (κ1) is 19.3. The number of carbonyl (C=O) groups excluding carboxylic acids is 1. The molecule has 2 fully saturated rings. The number of morpholine rings is 1. The van der Waals surface area contributed by atoms with Crippen molar-refractivity contribution >= 4 is 11.7 Å². The number of hydrogen-bond donors (Lipinski definition) is 0. The number of amides is 1. The fourth-order valence-electron chi connectivity index (χ4n) is 4.41. The summed E-state index contributed by atoms with van der Waals surface area (Å²) in [5.41, 5.74) is 4.35. The molecule has 5 rings (SSSR count). The van der Waals surface area contributed by atoms with Crippen LogP contribution in [0.15, 0.2) is 60.7 Å². The van der Waals surface area contributed by atoms with Crippen LogP contribution in [0.5, 0.6) is 0 Å². The summed E-state index contributed by atoms with van der Waals surface area (Å²) in [6.45, 7) is 2.47. The first-order valence-corrected chi connectivity index (χ1v) is 10.4. The molecule has 0 N–H and O–H groups in total. The Morgan fingerprint density at radius 1 is 1.00 bits per heavy atom. The van der Waals surface area contributed by atoms with Crippen molar-refractivity contribution < 1.29 is 23.7 Å². The average Bonchev–Trinajstić information content (AvgIpc) is 3.32. The highest BCUT2D eigenvalue weighted by atomic mass is 16.7. The molecule has 6 nitrogen and oxygen atoms in total. The van der Waals surface area contributed by atoms with E-state index in [0.29, 0.717) is 32.8 Å². The van der Waals surface area contributed by atoms with Crippen molar-refractivity contribution in [2.75, 3.05) is 26.4 Å². The van der Waals surface area contributed by atoms with E-state index in [2.05, 4.69) is 18.2 Å². The minimum absolute atomic E-state index is 0.0505. The lowest BCUT2D eigenvalue weighted by molar-refractivity contribution is -0.0447. The van der Waals surface area contributed by atoms with Gasteiger partial charge in [-0.15, -0.1) is 0 Å². The molecule has 0 radical (unpaired) electrons. The molecule has 2 aromatic carbocycles. The number of ether oxygens (including phenoxy) is 4. The van der Waals surface area contributed by atoms with Gasteiger partial charge in [-0.3, -0.25) is 4.90 Å². The van der Waals surface area contributed by atoms with Crippen LogP contribution in [0.1, 0.15) is 29.4 Å². The van der Waals surface area contributed by atoms with E-state index in [1.807, 2.05) is 47.4 Å². The quantitative estimate of drug-likeness (QED) is 0.769. The van der Waals surface area contributed by atoms with Gasteiger partial charge in [-0.05, 0) is 23.1 Å². The van der Waals surface area contributed by atoms with Gasteiger partial charge in [0.1, 0.15) is 6.61 Å². The van der Waals surface area contributed by atoms with E-state index in [1.165, 1.54) is 5.57 Å². The van der Waals surface area contributed by atoms with Crippen molar-refractivity contribution in [2.45, 2.75) is 31.4 Å². The van der Waals surface area contributed by atoms with Crippen LogP contribution in [-0.4, -0.2) is 49.5 Å². The normalized spacial score (nSPS) is 23.9. The molecule has 2 bridgehead atoms. The topological polar surface area (TPSA) is 57.2 Å².